The Labute approximate surface area is 127 Å². The van der Waals surface area contributed by atoms with Crippen LogP contribution in [0.4, 0.5) is 19.0 Å². The van der Waals surface area contributed by atoms with Crippen LogP contribution in [0.5, 0.6) is 0 Å². The lowest BCUT2D eigenvalue weighted by atomic mass is 9.87. The van der Waals surface area contributed by atoms with Crippen molar-refractivity contribution in [1.82, 2.24) is 9.97 Å². The zero-order valence-electron chi connectivity index (χ0n) is 12.3. The first kappa shape index (κ1) is 14.9. The van der Waals surface area contributed by atoms with E-state index in [4.69, 9.17) is 0 Å². The summed E-state index contributed by atoms with van der Waals surface area (Å²) in [6, 6.07) is 1.41. The van der Waals surface area contributed by atoms with Crippen molar-refractivity contribution in [2.75, 3.05) is 11.4 Å². The number of hydrogen-bond donors (Lipinski definition) is 1. The Morgan fingerprint density at radius 2 is 1.91 bits per heavy atom. The second-order valence-electron chi connectivity index (χ2n) is 5.76. The number of aromatic amines is 1. The number of rotatable bonds is 2. The maximum Gasteiger partial charge on any atom is 0.132 e. The summed E-state index contributed by atoms with van der Waals surface area (Å²) < 4.78 is 41.5. The van der Waals surface area contributed by atoms with Gasteiger partial charge in [-0.15, -0.1) is 0 Å². The number of anilines is 1. The summed E-state index contributed by atoms with van der Waals surface area (Å²) in [5, 5.41) is 0. The molecule has 1 aromatic heterocycles. The van der Waals surface area contributed by atoms with E-state index in [2.05, 4.69) is 14.9 Å². The van der Waals surface area contributed by atoms with Gasteiger partial charge in [0.2, 0.25) is 0 Å². The van der Waals surface area contributed by atoms with Crippen LogP contribution in [-0.2, 0) is 0 Å². The third-order valence-corrected chi connectivity index (χ3v) is 4.45. The average Bonchev–Trinajstić information content (AvgIpc) is 2.91. The van der Waals surface area contributed by atoms with Gasteiger partial charge in [-0.1, -0.05) is 6.42 Å². The topological polar surface area (TPSA) is 31.9 Å². The molecule has 1 saturated heterocycles. The smallest absolute Gasteiger partial charge is 0.132 e. The van der Waals surface area contributed by atoms with Gasteiger partial charge in [-0.3, -0.25) is 0 Å². The molecule has 3 rings (SSSR count). The summed E-state index contributed by atoms with van der Waals surface area (Å²) in [4.78, 5) is 9.13. The molecule has 0 spiro atoms. The SMILES string of the molecule is CC1C(c2c(F)cc(F)cc2F)CCCCN1c1cnc[nH]1. The monoisotopic (exact) mass is 309 g/mol. The second-order valence-corrected chi connectivity index (χ2v) is 5.76. The largest absolute Gasteiger partial charge is 0.354 e. The standard InChI is InChI=1S/C16H18F3N3/c1-10-12(16-13(18)6-11(17)7-14(16)19)4-2-3-5-22(10)15-8-20-9-21-15/h6-10,12H,2-5H2,1H3,(H,20,21). The van der Waals surface area contributed by atoms with Crippen LogP contribution in [0.2, 0.25) is 0 Å². The predicted molar refractivity (Wildman–Crippen MR) is 78.3 cm³/mol. The quantitative estimate of drug-likeness (QED) is 0.909. The van der Waals surface area contributed by atoms with Crippen molar-refractivity contribution in [2.24, 2.45) is 0 Å². The number of aromatic nitrogens is 2. The Bertz CT molecular complexity index is 619. The molecule has 1 aliphatic rings. The molecule has 6 heteroatoms. The molecular weight excluding hydrogens is 291 g/mol. The third kappa shape index (κ3) is 2.69. The van der Waals surface area contributed by atoms with E-state index in [0.29, 0.717) is 6.42 Å². The number of nitrogens with one attached hydrogen (secondary N) is 1. The number of hydrogen-bond acceptors (Lipinski definition) is 2. The molecule has 1 aromatic carbocycles. The van der Waals surface area contributed by atoms with Gasteiger partial charge < -0.3 is 9.88 Å². The van der Waals surface area contributed by atoms with Gasteiger partial charge in [0.25, 0.3) is 0 Å². The zero-order chi connectivity index (χ0) is 15.7. The van der Waals surface area contributed by atoms with Gasteiger partial charge in [-0.2, -0.15) is 0 Å². The molecule has 118 valence electrons. The van der Waals surface area contributed by atoms with E-state index in [-0.39, 0.29) is 17.5 Å². The highest BCUT2D eigenvalue weighted by Gasteiger charge is 2.32. The van der Waals surface area contributed by atoms with Crippen LogP contribution in [0.1, 0.15) is 37.7 Å². The van der Waals surface area contributed by atoms with E-state index in [9.17, 15) is 13.2 Å². The van der Waals surface area contributed by atoms with Gasteiger partial charge in [0.05, 0.1) is 12.5 Å². The molecule has 1 N–H and O–H groups in total. The maximum atomic E-state index is 14.2. The summed E-state index contributed by atoms with van der Waals surface area (Å²) in [6.07, 6.45) is 5.77. The van der Waals surface area contributed by atoms with E-state index in [1.54, 1.807) is 12.5 Å². The van der Waals surface area contributed by atoms with Gasteiger partial charge in [0.15, 0.2) is 0 Å². The van der Waals surface area contributed by atoms with Crippen molar-refractivity contribution in [3.8, 4) is 0 Å². The van der Waals surface area contributed by atoms with Crippen molar-refractivity contribution in [3.63, 3.8) is 0 Å². The summed E-state index contributed by atoms with van der Waals surface area (Å²) in [7, 11) is 0. The minimum Gasteiger partial charge on any atom is -0.354 e. The lowest BCUT2D eigenvalue weighted by Crippen LogP contribution is -2.37. The van der Waals surface area contributed by atoms with Crippen LogP contribution >= 0.6 is 0 Å². The molecule has 2 atom stereocenters. The summed E-state index contributed by atoms with van der Waals surface area (Å²) in [5.74, 6) is -1.99. The number of nitrogens with zero attached hydrogens (tertiary/aromatic N) is 2. The number of benzene rings is 1. The van der Waals surface area contributed by atoms with Gasteiger partial charge >= 0.3 is 0 Å². The molecule has 0 saturated carbocycles. The Balaban J connectivity index is 1.99. The van der Waals surface area contributed by atoms with Crippen molar-refractivity contribution in [3.05, 3.63) is 47.7 Å². The van der Waals surface area contributed by atoms with Gasteiger partial charge in [0, 0.05) is 36.2 Å². The molecule has 22 heavy (non-hydrogen) atoms. The molecular formula is C16H18F3N3. The lowest BCUT2D eigenvalue weighted by Gasteiger charge is -2.33. The molecule has 0 radical (unpaired) electrons. The first-order valence-corrected chi connectivity index (χ1v) is 7.47. The minimum absolute atomic E-state index is 0.0136. The minimum atomic E-state index is -0.884. The zero-order valence-corrected chi connectivity index (χ0v) is 12.3. The van der Waals surface area contributed by atoms with Crippen molar-refractivity contribution < 1.29 is 13.2 Å². The summed E-state index contributed by atoms with van der Waals surface area (Å²) >= 11 is 0. The van der Waals surface area contributed by atoms with Gasteiger partial charge in [-0.25, -0.2) is 18.2 Å². The maximum absolute atomic E-state index is 14.2. The molecule has 0 aliphatic carbocycles. The lowest BCUT2D eigenvalue weighted by molar-refractivity contribution is 0.454. The van der Waals surface area contributed by atoms with Crippen LogP contribution < -0.4 is 4.90 Å². The summed E-state index contributed by atoms with van der Waals surface area (Å²) in [6.45, 7) is 2.74. The van der Waals surface area contributed by atoms with E-state index in [1.807, 2.05) is 6.92 Å². The van der Waals surface area contributed by atoms with Crippen LogP contribution in [0, 0.1) is 17.5 Å². The van der Waals surface area contributed by atoms with E-state index >= 15 is 0 Å². The highest BCUT2D eigenvalue weighted by atomic mass is 19.1. The predicted octanol–water partition coefficient (Wildman–Crippen LogP) is 3.99. The fourth-order valence-electron chi connectivity index (χ4n) is 3.35. The van der Waals surface area contributed by atoms with Crippen molar-refractivity contribution in [2.45, 2.75) is 38.1 Å². The van der Waals surface area contributed by atoms with E-state index in [0.717, 1.165) is 37.3 Å². The molecule has 3 nitrogen and oxygen atoms in total. The van der Waals surface area contributed by atoms with Crippen LogP contribution in [0.15, 0.2) is 24.7 Å². The van der Waals surface area contributed by atoms with Crippen LogP contribution in [0.3, 0.4) is 0 Å². The Morgan fingerprint density at radius 1 is 1.18 bits per heavy atom. The fraction of sp³-hybridized carbons (Fsp3) is 0.438. The van der Waals surface area contributed by atoms with Crippen molar-refractivity contribution in [1.29, 1.82) is 0 Å². The molecule has 0 amide bonds. The normalized spacial score (nSPS) is 22.6. The number of imidazole rings is 1. The molecule has 1 fully saturated rings. The van der Waals surface area contributed by atoms with E-state index < -0.39 is 17.5 Å². The molecule has 2 unspecified atom stereocenters. The van der Waals surface area contributed by atoms with Crippen LogP contribution in [-0.4, -0.2) is 22.6 Å². The Morgan fingerprint density at radius 3 is 2.55 bits per heavy atom. The summed E-state index contributed by atoms with van der Waals surface area (Å²) in [5.41, 5.74) is -0.0136. The number of halogens is 3. The van der Waals surface area contributed by atoms with Gasteiger partial charge in [0.1, 0.15) is 23.3 Å². The molecule has 0 bridgehead atoms. The first-order valence-electron chi connectivity index (χ1n) is 7.47. The number of H-pyrrole nitrogens is 1. The fourth-order valence-corrected chi connectivity index (χ4v) is 3.35. The van der Waals surface area contributed by atoms with Gasteiger partial charge in [-0.05, 0) is 19.8 Å². The second kappa shape index (κ2) is 6.02. The van der Waals surface area contributed by atoms with E-state index in [1.165, 1.54) is 0 Å². The molecule has 2 aromatic rings. The Kier molecular flexibility index (Phi) is 4.09. The first-order chi connectivity index (χ1) is 10.6. The molecule has 2 heterocycles. The van der Waals surface area contributed by atoms with Crippen LogP contribution in [0.25, 0.3) is 0 Å². The van der Waals surface area contributed by atoms with Crippen molar-refractivity contribution >= 4 is 5.82 Å². The third-order valence-electron chi connectivity index (χ3n) is 4.45. The average molecular weight is 309 g/mol. The molecule has 1 aliphatic heterocycles. The highest BCUT2D eigenvalue weighted by molar-refractivity contribution is 5.40. The highest BCUT2D eigenvalue weighted by Crippen LogP contribution is 2.36. The Hall–Kier alpha value is -1.98.